The Morgan fingerprint density at radius 1 is 1.47 bits per heavy atom. The summed E-state index contributed by atoms with van der Waals surface area (Å²) in [5, 5.41) is 1.15. The van der Waals surface area contributed by atoms with E-state index in [9.17, 15) is 0 Å². The molecule has 15 heavy (non-hydrogen) atoms. The van der Waals surface area contributed by atoms with Crippen LogP contribution in [0, 0.1) is 12.8 Å². The smallest absolute Gasteiger partial charge is 0.123 e. The van der Waals surface area contributed by atoms with Gasteiger partial charge in [0, 0.05) is 16.6 Å². The number of rotatable bonds is 1. The Hall–Kier alpha value is -1.15. The molecule has 0 bridgehead atoms. The first-order chi connectivity index (χ1) is 7.25. The van der Waals surface area contributed by atoms with E-state index in [1.807, 2.05) is 6.20 Å². The summed E-state index contributed by atoms with van der Waals surface area (Å²) in [7, 11) is 0. The lowest BCUT2D eigenvalue weighted by molar-refractivity contribution is 0.739. The van der Waals surface area contributed by atoms with Crippen molar-refractivity contribution < 1.29 is 0 Å². The summed E-state index contributed by atoms with van der Waals surface area (Å²) in [5.41, 5.74) is 1.29. The van der Waals surface area contributed by atoms with Gasteiger partial charge in [-0.05, 0) is 19.3 Å². The summed E-state index contributed by atoms with van der Waals surface area (Å²) in [6.07, 6.45) is 9.80. The van der Waals surface area contributed by atoms with Crippen LogP contribution in [-0.2, 0) is 0 Å². The zero-order valence-corrected chi connectivity index (χ0v) is 10.2. The van der Waals surface area contributed by atoms with Crippen molar-refractivity contribution in [2.24, 2.45) is 5.92 Å². The Labute approximate surface area is 95.9 Å². The van der Waals surface area contributed by atoms with Gasteiger partial charge in [-0.15, -0.1) is 24.5 Å². The minimum absolute atomic E-state index is 0.685. The fraction of sp³-hybridized carbons (Fsp3) is 0.308. The highest BCUT2D eigenvalue weighted by Gasteiger charge is 2.07. The number of thiazole rings is 1. The molecule has 1 heterocycles. The average Bonchev–Trinajstić information content (AvgIpc) is 2.69. The number of aromatic nitrogens is 1. The monoisotopic (exact) mass is 219 g/mol. The van der Waals surface area contributed by atoms with Crippen LogP contribution in [0.1, 0.15) is 23.2 Å². The Bertz CT molecular complexity index is 374. The Morgan fingerprint density at radius 2 is 2.20 bits per heavy atom. The first kappa shape index (κ1) is 11.9. The van der Waals surface area contributed by atoms with E-state index in [4.69, 9.17) is 0 Å². The van der Waals surface area contributed by atoms with Crippen molar-refractivity contribution in [2.75, 3.05) is 0 Å². The molecule has 0 radical (unpaired) electrons. The molecule has 1 aromatic rings. The van der Waals surface area contributed by atoms with Crippen LogP contribution in [0.25, 0.3) is 5.57 Å². The predicted octanol–water partition coefficient (Wildman–Crippen LogP) is 4.23. The third-order valence-electron chi connectivity index (χ3n) is 2.18. The largest absolute Gasteiger partial charge is 0.244 e. The topological polar surface area (TPSA) is 12.9 Å². The van der Waals surface area contributed by atoms with E-state index in [2.05, 4.69) is 50.2 Å². The maximum absolute atomic E-state index is 4.36. The second-order valence-electron chi connectivity index (χ2n) is 3.51. The van der Waals surface area contributed by atoms with E-state index in [0.717, 1.165) is 11.4 Å². The van der Waals surface area contributed by atoms with Crippen molar-refractivity contribution in [1.82, 2.24) is 4.98 Å². The molecule has 1 nitrogen and oxygen atoms in total. The number of hydrogen-bond acceptors (Lipinski definition) is 2. The number of allylic oxidation sites excluding steroid dienone is 4. The van der Waals surface area contributed by atoms with Gasteiger partial charge < -0.3 is 0 Å². The van der Waals surface area contributed by atoms with Gasteiger partial charge in [0.05, 0.1) is 0 Å². The fourth-order valence-electron chi connectivity index (χ4n) is 1.37. The molecule has 0 aliphatic heterocycles. The highest BCUT2D eigenvalue weighted by Crippen LogP contribution is 2.26. The second kappa shape index (κ2) is 5.66. The summed E-state index contributed by atoms with van der Waals surface area (Å²) in [4.78, 5) is 5.64. The van der Waals surface area contributed by atoms with Crippen molar-refractivity contribution in [3.05, 3.63) is 47.5 Å². The summed E-state index contributed by atoms with van der Waals surface area (Å²) < 4.78 is 0. The molecule has 1 atom stereocenters. The van der Waals surface area contributed by atoms with Crippen LogP contribution in [-0.4, -0.2) is 4.98 Å². The van der Waals surface area contributed by atoms with Gasteiger partial charge in [0.25, 0.3) is 0 Å². The normalized spacial score (nSPS) is 19.1. The van der Waals surface area contributed by atoms with Gasteiger partial charge in [0.15, 0.2) is 0 Å². The highest BCUT2D eigenvalue weighted by molar-refractivity contribution is 7.12. The predicted molar refractivity (Wildman–Crippen MR) is 69.0 cm³/mol. The third-order valence-corrected chi connectivity index (χ3v) is 3.14. The molecule has 80 valence electrons. The van der Waals surface area contributed by atoms with Crippen LogP contribution in [0.5, 0.6) is 0 Å². The van der Waals surface area contributed by atoms with Gasteiger partial charge in [-0.2, -0.15) is 0 Å². The molecule has 0 aromatic carbocycles. The molecule has 0 amide bonds. The average molecular weight is 219 g/mol. The zero-order valence-electron chi connectivity index (χ0n) is 9.36. The molecule has 1 aliphatic rings. The van der Waals surface area contributed by atoms with Crippen molar-refractivity contribution in [3.63, 3.8) is 0 Å². The third kappa shape index (κ3) is 3.17. The Kier molecular flexibility index (Phi) is 4.50. The summed E-state index contributed by atoms with van der Waals surface area (Å²) in [6.45, 7) is 10.3. The minimum Gasteiger partial charge on any atom is -0.244 e. The van der Waals surface area contributed by atoms with E-state index in [1.54, 1.807) is 11.3 Å². The van der Waals surface area contributed by atoms with Gasteiger partial charge in [-0.25, -0.2) is 4.98 Å². The van der Waals surface area contributed by atoms with Crippen LogP contribution in [0.3, 0.4) is 0 Å². The standard InChI is InChI=1S/C11H13NS.C2H4/c1-8-3-5-10(6-4-8)11-12-7-9(2)13-11;1-2/h3,5-8H,4H2,1-2H3;1-2H2. The number of aryl methyl sites for hydroxylation is 1. The Balaban J connectivity index is 0.000000531. The minimum atomic E-state index is 0.685. The first-order valence-corrected chi connectivity index (χ1v) is 5.88. The molecule has 0 spiro atoms. The van der Waals surface area contributed by atoms with Crippen LogP contribution in [0.4, 0.5) is 0 Å². The molecule has 1 unspecified atom stereocenters. The van der Waals surface area contributed by atoms with Crippen molar-refractivity contribution in [2.45, 2.75) is 20.3 Å². The lowest BCUT2D eigenvalue weighted by Gasteiger charge is -2.09. The molecule has 0 fully saturated rings. The molecule has 0 saturated carbocycles. The second-order valence-corrected chi connectivity index (χ2v) is 4.74. The van der Waals surface area contributed by atoms with Crippen LogP contribution >= 0.6 is 11.3 Å². The summed E-state index contributed by atoms with van der Waals surface area (Å²) in [6, 6.07) is 0. The van der Waals surface area contributed by atoms with E-state index < -0.39 is 0 Å². The lowest BCUT2D eigenvalue weighted by Crippen LogP contribution is -1.93. The molecule has 2 rings (SSSR count). The van der Waals surface area contributed by atoms with Crippen molar-refractivity contribution in [3.8, 4) is 0 Å². The lowest BCUT2D eigenvalue weighted by atomic mass is 9.99. The SMILES string of the molecule is C=C.Cc1cnc(C2=CCC(C)C=C2)s1. The maximum Gasteiger partial charge on any atom is 0.123 e. The molecular formula is C13H17NS. The van der Waals surface area contributed by atoms with E-state index in [-0.39, 0.29) is 0 Å². The fourth-order valence-corrected chi connectivity index (χ4v) is 2.16. The first-order valence-electron chi connectivity index (χ1n) is 5.07. The van der Waals surface area contributed by atoms with Gasteiger partial charge in [0.2, 0.25) is 0 Å². The van der Waals surface area contributed by atoms with Gasteiger partial charge in [0.1, 0.15) is 5.01 Å². The van der Waals surface area contributed by atoms with Crippen LogP contribution in [0.2, 0.25) is 0 Å². The van der Waals surface area contributed by atoms with Gasteiger partial charge >= 0.3 is 0 Å². The highest BCUT2D eigenvalue weighted by atomic mass is 32.1. The molecule has 0 N–H and O–H groups in total. The zero-order chi connectivity index (χ0) is 11.3. The molecule has 2 heteroatoms. The summed E-state index contributed by atoms with van der Waals surface area (Å²) >= 11 is 1.76. The van der Waals surface area contributed by atoms with E-state index >= 15 is 0 Å². The molecule has 1 aliphatic carbocycles. The van der Waals surface area contributed by atoms with Gasteiger partial charge in [-0.1, -0.05) is 25.2 Å². The van der Waals surface area contributed by atoms with Crippen LogP contribution in [0.15, 0.2) is 37.6 Å². The van der Waals surface area contributed by atoms with E-state index in [1.165, 1.54) is 10.5 Å². The van der Waals surface area contributed by atoms with Gasteiger partial charge in [-0.3, -0.25) is 0 Å². The number of nitrogens with zero attached hydrogens (tertiary/aromatic N) is 1. The van der Waals surface area contributed by atoms with Crippen molar-refractivity contribution in [1.29, 1.82) is 0 Å². The maximum atomic E-state index is 4.36. The van der Waals surface area contributed by atoms with Crippen LogP contribution < -0.4 is 0 Å². The summed E-state index contributed by atoms with van der Waals surface area (Å²) in [5.74, 6) is 0.685. The molecule has 0 saturated heterocycles. The number of hydrogen-bond donors (Lipinski definition) is 0. The molecule has 1 aromatic heterocycles. The Morgan fingerprint density at radius 3 is 2.67 bits per heavy atom. The molecular weight excluding hydrogens is 202 g/mol. The quantitative estimate of drug-likeness (QED) is 0.644. The van der Waals surface area contributed by atoms with Crippen molar-refractivity contribution >= 4 is 16.9 Å². The van der Waals surface area contributed by atoms with E-state index in [0.29, 0.717) is 5.92 Å².